The van der Waals surface area contributed by atoms with Crippen molar-refractivity contribution in [3.63, 3.8) is 0 Å². The average molecular weight is 395 g/mol. The van der Waals surface area contributed by atoms with Gasteiger partial charge in [-0.2, -0.15) is 0 Å². The lowest BCUT2D eigenvalue weighted by Gasteiger charge is -2.26. The first-order valence-corrected chi connectivity index (χ1v) is 9.09. The predicted octanol–water partition coefficient (Wildman–Crippen LogP) is 4.19. The molecule has 0 aromatic heterocycles. The summed E-state index contributed by atoms with van der Waals surface area (Å²) in [6.45, 7) is 2.58. The van der Waals surface area contributed by atoms with Crippen molar-refractivity contribution in [3.8, 4) is 17.2 Å². The normalized spacial score (nSPS) is 15.3. The number of halogens is 2. The highest BCUT2D eigenvalue weighted by atomic mass is 35.5. The van der Waals surface area contributed by atoms with Gasteiger partial charge >= 0.3 is 5.97 Å². The number of hydrogen-bond acceptors (Lipinski definition) is 5. The first kappa shape index (κ1) is 19.3. The number of carbonyl (C=O) groups is 1. The van der Waals surface area contributed by atoms with Gasteiger partial charge in [-0.25, -0.2) is 4.39 Å². The maximum Gasteiger partial charge on any atom is 0.306 e. The van der Waals surface area contributed by atoms with Gasteiger partial charge in [-0.1, -0.05) is 17.7 Å². The van der Waals surface area contributed by atoms with E-state index in [2.05, 4.69) is 0 Å². The SMILES string of the molecule is CCOC(=O)CCc1ccc(OCC2COc3ccc(Cl)cc3O2)cc1F. The predicted molar refractivity (Wildman–Crippen MR) is 98.2 cm³/mol. The summed E-state index contributed by atoms with van der Waals surface area (Å²) in [5.74, 6) is 0.810. The van der Waals surface area contributed by atoms with Crippen molar-refractivity contribution >= 4 is 17.6 Å². The van der Waals surface area contributed by atoms with E-state index >= 15 is 0 Å². The smallest absolute Gasteiger partial charge is 0.306 e. The molecule has 2 aromatic rings. The lowest BCUT2D eigenvalue weighted by Crippen LogP contribution is -2.34. The Balaban J connectivity index is 1.53. The van der Waals surface area contributed by atoms with Gasteiger partial charge in [0, 0.05) is 23.6 Å². The minimum absolute atomic E-state index is 0.139. The molecule has 0 N–H and O–H groups in total. The summed E-state index contributed by atoms with van der Waals surface area (Å²) in [6, 6.07) is 9.73. The van der Waals surface area contributed by atoms with Crippen LogP contribution < -0.4 is 14.2 Å². The molecule has 1 aliphatic heterocycles. The molecule has 1 atom stereocenters. The largest absolute Gasteiger partial charge is 0.489 e. The monoisotopic (exact) mass is 394 g/mol. The van der Waals surface area contributed by atoms with Gasteiger partial charge in [0.15, 0.2) is 17.6 Å². The first-order chi connectivity index (χ1) is 13.0. The number of fused-ring (bicyclic) bond motifs is 1. The van der Waals surface area contributed by atoms with E-state index in [1.807, 2.05) is 0 Å². The van der Waals surface area contributed by atoms with E-state index in [1.54, 1.807) is 37.3 Å². The van der Waals surface area contributed by atoms with E-state index < -0.39 is 5.82 Å². The lowest BCUT2D eigenvalue weighted by molar-refractivity contribution is -0.143. The van der Waals surface area contributed by atoms with Crippen molar-refractivity contribution in [3.05, 3.63) is 52.8 Å². The molecule has 0 saturated heterocycles. The molecule has 1 unspecified atom stereocenters. The average Bonchev–Trinajstić information content (AvgIpc) is 2.65. The Bertz CT molecular complexity index is 811. The fourth-order valence-electron chi connectivity index (χ4n) is 2.65. The van der Waals surface area contributed by atoms with E-state index in [9.17, 15) is 9.18 Å². The van der Waals surface area contributed by atoms with Crippen LogP contribution in [-0.2, 0) is 16.0 Å². The fourth-order valence-corrected chi connectivity index (χ4v) is 2.81. The number of esters is 1. The third-order valence-corrected chi connectivity index (χ3v) is 4.22. The van der Waals surface area contributed by atoms with E-state index in [1.165, 1.54) is 6.07 Å². The molecule has 0 aliphatic carbocycles. The second-order valence-electron chi connectivity index (χ2n) is 6.01. The second-order valence-corrected chi connectivity index (χ2v) is 6.45. The molecule has 1 heterocycles. The molecular formula is C20H20ClFO5. The summed E-state index contributed by atoms with van der Waals surface area (Å²) in [5, 5.41) is 0.555. The summed E-state index contributed by atoms with van der Waals surface area (Å²) in [5.41, 5.74) is 0.441. The molecule has 0 amide bonds. The van der Waals surface area contributed by atoms with E-state index in [4.69, 9.17) is 30.5 Å². The lowest BCUT2D eigenvalue weighted by atomic mass is 10.1. The van der Waals surface area contributed by atoms with Crippen molar-refractivity contribution < 1.29 is 28.1 Å². The summed E-state index contributed by atoms with van der Waals surface area (Å²) >= 11 is 5.95. The van der Waals surface area contributed by atoms with Crippen LogP contribution in [0.25, 0.3) is 0 Å². The highest BCUT2D eigenvalue weighted by Crippen LogP contribution is 2.34. The van der Waals surface area contributed by atoms with Crippen LogP contribution in [0.1, 0.15) is 18.9 Å². The van der Waals surface area contributed by atoms with Crippen LogP contribution in [0.15, 0.2) is 36.4 Å². The molecule has 5 nitrogen and oxygen atoms in total. The molecule has 0 saturated carbocycles. The molecule has 27 heavy (non-hydrogen) atoms. The number of benzene rings is 2. The summed E-state index contributed by atoms with van der Waals surface area (Å²) in [6.07, 6.45) is 0.0879. The summed E-state index contributed by atoms with van der Waals surface area (Å²) in [4.78, 5) is 11.4. The van der Waals surface area contributed by atoms with Crippen molar-refractivity contribution in [2.45, 2.75) is 25.9 Å². The summed E-state index contributed by atoms with van der Waals surface area (Å²) < 4.78 is 36.1. The first-order valence-electron chi connectivity index (χ1n) is 8.71. The quantitative estimate of drug-likeness (QED) is 0.659. The van der Waals surface area contributed by atoms with Crippen LogP contribution in [-0.4, -0.2) is 31.9 Å². The Labute approximate surface area is 161 Å². The van der Waals surface area contributed by atoms with Crippen molar-refractivity contribution in [1.29, 1.82) is 0 Å². The van der Waals surface area contributed by atoms with E-state index in [0.29, 0.717) is 41.0 Å². The van der Waals surface area contributed by atoms with Crippen molar-refractivity contribution in [2.24, 2.45) is 0 Å². The Morgan fingerprint density at radius 1 is 1.26 bits per heavy atom. The highest BCUT2D eigenvalue weighted by molar-refractivity contribution is 6.30. The van der Waals surface area contributed by atoms with Crippen LogP contribution in [0, 0.1) is 5.82 Å². The van der Waals surface area contributed by atoms with Gasteiger partial charge in [0.1, 0.15) is 24.8 Å². The minimum atomic E-state index is -0.422. The standard InChI is InChI=1S/C20H20ClFO5/c1-2-24-20(23)8-4-13-3-6-15(10-17(13)22)25-11-16-12-26-18-7-5-14(21)9-19(18)27-16/h3,5-7,9-10,16H,2,4,8,11-12H2,1H3. The Kier molecular flexibility index (Phi) is 6.40. The minimum Gasteiger partial charge on any atom is -0.489 e. The van der Waals surface area contributed by atoms with Gasteiger partial charge < -0.3 is 18.9 Å². The maximum atomic E-state index is 14.2. The number of carbonyl (C=O) groups excluding carboxylic acids is 1. The number of hydrogen-bond donors (Lipinski definition) is 0. The topological polar surface area (TPSA) is 54.0 Å². The maximum absolute atomic E-state index is 14.2. The number of ether oxygens (including phenoxy) is 4. The third-order valence-electron chi connectivity index (χ3n) is 3.99. The van der Waals surface area contributed by atoms with Crippen molar-refractivity contribution in [1.82, 2.24) is 0 Å². The fraction of sp³-hybridized carbons (Fsp3) is 0.350. The van der Waals surface area contributed by atoms with Crippen LogP contribution in [0.5, 0.6) is 17.2 Å². The third kappa shape index (κ3) is 5.26. The molecule has 0 bridgehead atoms. The highest BCUT2D eigenvalue weighted by Gasteiger charge is 2.22. The molecule has 0 fully saturated rings. The zero-order chi connectivity index (χ0) is 19.2. The molecule has 0 spiro atoms. The van der Waals surface area contributed by atoms with Gasteiger partial charge in [0.05, 0.1) is 6.61 Å². The zero-order valence-corrected chi connectivity index (χ0v) is 15.6. The zero-order valence-electron chi connectivity index (χ0n) is 14.9. The van der Waals surface area contributed by atoms with Gasteiger partial charge in [-0.15, -0.1) is 0 Å². The molecule has 0 radical (unpaired) electrons. The van der Waals surface area contributed by atoms with Gasteiger partial charge in [0.2, 0.25) is 0 Å². The van der Waals surface area contributed by atoms with Crippen LogP contribution in [0.2, 0.25) is 5.02 Å². The van der Waals surface area contributed by atoms with Crippen LogP contribution >= 0.6 is 11.6 Å². The second kappa shape index (κ2) is 8.95. The van der Waals surface area contributed by atoms with Crippen molar-refractivity contribution in [2.75, 3.05) is 19.8 Å². The Hall–Kier alpha value is -2.47. The Morgan fingerprint density at radius 2 is 2.11 bits per heavy atom. The molecule has 2 aromatic carbocycles. The molecule has 144 valence electrons. The van der Waals surface area contributed by atoms with E-state index in [-0.39, 0.29) is 31.5 Å². The molecule has 1 aliphatic rings. The number of aryl methyl sites for hydroxylation is 1. The number of rotatable bonds is 7. The van der Waals surface area contributed by atoms with Gasteiger partial charge in [-0.05, 0) is 37.1 Å². The van der Waals surface area contributed by atoms with Crippen LogP contribution in [0.3, 0.4) is 0 Å². The summed E-state index contributed by atoms with van der Waals surface area (Å²) in [7, 11) is 0. The molecule has 7 heteroatoms. The molecular weight excluding hydrogens is 375 g/mol. The van der Waals surface area contributed by atoms with Crippen LogP contribution in [0.4, 0.5) is 4.39 Å². The van der Waals surface area contributed by atoms with E-state index in [0.717, 1.165) is 0 Å². The van der Waals surface area contributed by atoms with Gasteiger partial charge in [0.25, 0.3) is 0 Å². The molecule has 3 rings (SSSR count). The van der Waals surface area contributed by atoms with Gasteiger partial charge in [-0.3, -0.25) is 4.79 Å². The Morgan fingerprint density at radius 3 is 2.89 bits per heavy atom.